The third-order valence-electron chi connectivity index (χ3n) is 5.62. The van der Waals surface area contributed by atoms with Gasteiger partial charge in [-0.05, 0) is 43.7 Å². The molecule has 3 heterocycles. The predicted molar refractivity (Wildman–Crippen MR) is 126 cm³/mol. The van der Waals surface area contributed by atoms with Gasteiger partial charge in [-0.3, -0.25) is 4.79 Å². The van der Waals surface area contributed by atoms with Gasteiger partial charge in [0, 0.05) is 25.7 Å². The molecule has 1 aliphatic heterocycles. The molecule has 4 rings (SSSR count). The van der Waals surface area contributed by atoms with Crippen molar-refractivity contribution in [2.24, 2.45) is 0 Å². The van der Waals surface area contributed by atoms with Gasteiger partial charge in [-0.15, -0.1) is 0 Å². The second-order valence-electron chi connectivity index (χ2n) is 8.17. The van der Waals surface area contributed by atoms with Gasteiger partial charge in [0.05, 0.1) is 17.4 Å². The SMILES string of the molecule is O=C(COc1ccc(F)cc1C(=O)O)NCCNCc1cc(Cl)nc2cc([C@@H]3CCCCN3)nn12. The lowest BCUT2D eigenvalue weighted by Crippen LogP contribution is -2.35. The van der Waals surface area contributed by atoms with Crippen LogP contribution in [0.5, 0.6) is 5.75 Å². The monoisotopic (exact) mass is 504 g/mol. The van der Waals surface area contributed by atoms with Crippen LogP contribution in [0.4, 0.5) is 4.39 Å². The number of fused-ring (bicyclic) bond motifs is 1. The molecule has 3 aromatic rings. The molecule has 1 aromatic carbocycles. The van der Waals surface area contributed by atoms with E-state index >= 15 is 0 Å². The lowest BCUT2D eigenvalue weighted by Gasteiger charge is -2.21. The number of carbonyl (C=O) groups excluding carboxylic acids is 1. The number of carboxylic acids is 1. The summed E-state index contributed by atoms with van der Waals surface area (Å²) in [6.07, 6.45) is 3.37. The molecular formula is C23H26ClFN6O4. The fourth-order valence-corrected chi connectivity index (χ4v) is 4.13. The number of nitrogens with zero attached hydrogens (tertiary/aromatic N) is 3. The van der Waals surface area contributed by atoms with Crippen LogP contribution in [0.25, 0.3) is 5.65 Å². The summed E-state index contributed by atoms with van der Waals surface area (Å²) in [4.78, 5) is 27.6. The zero-order valence-electron chi connectivity index (χ0n) is 18.9. The van der Waals surface area contributed by atoms with Crippen LogP contribution in [0.1, 0.15) is 47.1 Å². The van der Waals surface area contributed by atoms with Crippen molar-refractivity contribution in [1.82, 2.24) is 30.5 Å². The van der Waals surface area contributed by atoms with Gasteiger partial charge in [-0.2, -0.15) is 5.10 Å². The number of nitrogens with one attached hydrogen (secondary N) is 3. The van der Waals surface area contributed by atoms with Crippen molar-refractivity contribution in [2.45, 2.75) is 31.8 Å². The number of aromatic nitrogens is 3. The first-order valence-corrected chi connectivity index (χ1v) is 11.7. The summed E-state index contributed by atoms with van der Waals surface area (Å²) in [6.45, 7) is 1.82. The van der Waals surface area contributed by atoms with Gasteiger partial charge in [0.25, 0.3) is 5.91 Å². The van der Waals surface area contributed by atoms with Crippen LogP contribution in [-0.2, 0) is 11.3 Å². The van der Waals surface area contributed by atoms with Crippen LogP contribution in [0.15, 0.2) is 30.3 Å². The largest absolute Gasteiger partial charge is 0.483 e. The lowest BCUT2D eigenvalue weighted by atomic mass is 10.0. The molecule has 10 nitrogen and oxygen atoms in total. The molecule has 1 saturated heterocycles. The fourth-order valence-electron chi connectivity index (χ4n) is 3.92. The standard InChI is InChI=1S/C23H26ClFN6O4/c24-20-10-15(31-21(29-20)11-18(30-31)17-3-1-2-6-27-17)12-26-7-8-28-22(32)13-35-19-5-4-14(25)9-16(19)23(33)34/h4-5,9-11,17,26-27H,1-3,6-8,12-13H2,(H,28,32)(H,33,34)/t17-/m0/s1. The smallest absolute Gasteiger partial charge is 0.339 e. The Kier molecular flexibility index (Phi) is 8.11. The molecular weight excluding hydrogens is 479 g/mol. The second kappa shape index (κ2) is 11.4. The second-order valence-corrected chi connectivity index (χ2v) is 8.56. The van der Waals surface area contributed by atoms with Crippen molar-refractivity contribution in [3.63, 3.8) is 0 Å². The summed E-state index contributed by atoms with van der Waals surface area (Å²) in [7, 11) is 0. The normalized spacial score (nSPS) is 15.8. The first-order valence-electron chi connectivity index (χ1n) is 11.3. The van der Waals surface area contributed by atoms with Crippen LogP contribution in [0.2, 0.25) is 5.15 Å². The Morgan fingerprint density at radius 2 is 2.11 bits per heavy atom. The highest BCUT2D eigenvalue weighted by atomic mass is 35.5. The molecule has 0 radical (unpaired) electrons. The van der Waals surface area contributed by atoms with Crippen LogP contribution in [0, 0.1) is 5.82 Å². The molecule has 0 unspecified atom stereocenters. The topological polar surface area (TPSA) is 130 Å². The maximum atomic E-state index is 13.2. The molecule has 0 aliphatic carbocycles. The number of carbonyl (C=O) groups is 2. The van der Waals surface area contributed by atoms with Crippen molar-refractivity contribution < 1.29 is 23.8 Å². The van der Waals surface area contributed by atoms with Gasteiger partial charge < -0.3 is 25.8 Å². The Morgan fingerprint density at radius 3 is 2.89 bits per heavy atom. The summed E-state index contributed by atoms with van der Waals surface area (Å²) < 4.78 is 20.3. The van der Waals surface area contributed by atoms with E-state index in [9.17, 15) is 14.0 Å². The van der Waals surface area contributed by atoms with E-state index in [1.807, 2.05) is 6.07 Å². The summed E-state index contributed by atoms with van der Waals surface area (Å²) >= 11 is 6.20. The van der Waals surface area contributed by atoms with Crippen molar-refractivity contribution in [2.75, 3.05) is 26.2 Å². The number of hydrogen-bond acceptors (Lipinski definition) is 7. The van der Waals surface area contributed by atoms with Gasteiger partial charge in [0.15, 0.2) is 12.3 Å². The number of rotatable bonds is 10. The summed E-state index contributed by atoms with van der Waals surface area (Å²) in [6, 6.07) is 7.01. The number of carboxylic acid groups (broad SMARTS) is 1. The van der Waals surface area contributed by atoms with E-state index < -0.39 is 24.3 Å². The van der Waals surface area contributed by atoms with Gasteiger partial charge in [-0.25, -0.2) is 18.7 Å². The molecule has 0 spiro atoms. The van der Waals surface area contributed by atoms with Crippen molar-refractivity contribution in [1.29, 1.82) is 0 Å². The average Bonchev–Trinajstić information content (AvgIpc) is 3.27. The Morgan fingerprint density at radius 1 is 1.26 bits per heavy atom. The van der Waals surface area contributed by atoms with Crippen molar-refractivity contribution >= 4 is 29.1 Å². The number of amides is 1. The molecule has 1 amide bonds. The van der Waals surface area contributed by atoms with Gasteiger partial charge in [0.1, 0.15) is 22.3 Å². The van der Waals surface area contributed by atoms with E-state index in [0.29, 0.717) is 30.4 Å². The quantitative estimate of drug-likeness (QED) is 0.244. The third-order valence-corrected chi connectivity index (χ3v) is 5.81. The molecule has 1 fully saturated rings. The summed E-state index contributed by atoms with van der Waals surface area (Å²) in [5.41, 5.74) is 2.13. The van der Waals surface area contributed by atoms with E-state index in [1.165, 1.54) is 12.5 Å². The first-order chi connectivity index (χ1) is 16.9. The van der Waals surface area contributed by atoms with Gasteiger partial charge >= 0.3 is 5.97 Å². The molecule has 12 heteroatoms. The number of ether oxygens (including phenoxy) is 1. The summed E-state index contributed by atoms with van der Waals surface area (Å²) in [5, 5.41) is 23.6. The zero-order valence-corrected chi connectivity index (χ0v) is 19.6. The maximum Gasteiger partial charge on any atom is 0.339 e. The van der Waals surface area contributed by atoms with Crippen LogP contribution < -0.4 is 20.7 Å². The lowest BCUT2D eigenvalue weighted by molar-refractivity contribution is -0.123. The Bertz CT molecular complexity index is 1210. The Labute approximate surface area is 205 Å². The highest BCUT2D eigenvalue weighted by Crippen LogP contribution is 2.24. The van der Waals surface area contributed by atoms with E-state index in [2.05, 4.69) is 20.9 Å². The molecule has 1 atom stereocenters. The number of halogens is 2. The number of benzene rings is 1. The maximum absolute atomic E-state index is 13.2. The first kappa shape index (κ1) is 24.8. The molecule has 35 heavy (non-hydrogen) atoms. The number of piperidine rings is 1. The minimum Gasteiger partial charge on any atom is -0.483 e. The van der Waals surface area contributed by atoms with E-state index in [0.717, 1.165) is 42.9 Å². The van der Waals surface area contributed by atoms with Crippen LogP contribution >= 0.6 is 11.6 Å². The molecule has 1 aliphatic rings. The minimum atomic E-state index is -1.34. The highest BCUT2D eigenvalue weighted by molar-refractivity contribution is 6.29. The summed E-state index contributed by atoms with van der Waals surface area (Å²) in [5.74, 6) is -2.55. The zero-order chi connectivity index (χ0) is 24.8. The molecule has 4 N–H and O–H groups in total. The minimum absolute atomic E-state index is 0.0761. The Hall–Kier alpha value is -3.28. The number of aromatic carboxylic acids is 1. The van der Waals surface area contributed by atoms with Gasteiger partial charge in [0.2, 0.25) is 0 Å². The van der Waals surface area contributed by atoms with E-state index in [4.69, 9.17) is 26.5 Å². The Balaban J connectivity index is 1.25. The fraction of sp³-hybridized carbons (Fsp3) is 0.391. The molecule has 186 valence electrons. The highest BCUT2D eigenvalue weighted by Gasteiger charge is 2.19. The number of hydrogen-bond donors (Lipinski definition) is 4. The van der Waals surface area contributed by atoms with Gasteiger partial charge in [-0.1, -0.05) is 18.0 Å². The molecule has 0 saturated carbocycles. The van der Waals surface area contributed by atoms with Crippen LogP contribution in [0.3, 0.4) is 0 Å². The van der Waals surface area contributed by atoms with E-state index in [-0.39, 0.29) is 17.4 Å². The molecule has 0 bridgehead atoms. The third kappa shape index (κ3) is 6.44. The average molecular weight is 505 g/mol. The van der Waals surface area contributed by atoms with Crippen molar-refractivity contribution in [3.05, 3.63) is 58.3 Å². The molecule has 2 aromatic heterocycles. The van der Waals surface area contributed by atoms with Crippen LogP contribution in [-0.4, -0.2) is 57.8 Å². The predicted octanol–water partition coefficient (Wildman–Crippen LogP) is 2.32. The van der Waals surface area contributed by atoms with Crippen molar-refractivity contribution in [3.8, 4) is 5.75 Å². The van der Waals surface area contributed by atoms with E-state index in [1.54, 1.807) is 10.6 Å².